The highest BCUT2D eigenvalue weighted by Crippen LogP contribution is 2.20. The van der Waals surface area contributed by atoms with Gasteiger partial charge in [0, 0.05) is 18.1 Å². The van der Waals surface area contributed by atoms with E-state index in [1.165, 1.54) is 0 Å². The van der Waals surface area contributed by atoms with Gasteiger partial charge in [0.15, 0.2) is 5.15 Å². The number of aryl methyl sites for hydroxylation is 1. The van der Waals surface area contributed by atoms with Crippen molar-refractivity contribution in [2.24, 2.45) is 0 Å². The molecule has 15 heavy (non-hydrogen) atoms. The first-order chi connectivity index (χ1) is 7.25. The molecule has 0 radical (unpaired) electrons. The van der Waals surface area contributed by atoms with E-state index in [1.54, 1.807) is 6.20 Å². The lowest BCUT2D eigenvalue weighted by Gasteiger charge is -2.07. The van der Waals surface area contributed by atoms with Gasteiger partial charge in [0.05, 0.1) is 12.2 Å². The van der Waals surface area contributed by atoms with Crippen LogP contribution in [0.2, 0.25) is 5.15 Å². The molecule has 2 rings (SSSR count). The van der Waals surface area contributed by atoms with E-state index in [9.17, 15) is 0 Å². The van der Waals surface area contributed by atoms with E-state index in [2.05, 4.69) is 15.3 Å². The molecule has 0 bridgehead atoms. The third-order valence-corrected chi connectivity index (χ3v) is 2.41. The van der Waals surface area contributed by atoms with Crippen LogP contribution in [0.4, 0.5) is 5.69 Å². The van der Waals surface area contributed by atoms with Crippen molar-refractivity contribution in [2.75, 3.05) is 5.32 Å². The molecule has 3 nitrogen and oxygen atoms in total. The van der Waals surface area contributed by atoms with Gasteiger partial charge in [-0.2, -0.15) is 0 Å². The van der Waals surface area contributed by atoms with E-state index in [4.69, 9.17) is 11.6 Å². The van der Waals surface area contributed by atoms with Crippen LogP contribution in [0.1, 0.15) is 11.3 Å². The molecule has 0 aliphatic heterocycles. The minimum Gasteiger partial charge on any atom is -0.377 e. The van der Waals surface area contributed by atoms with Crippen molar-refractivity contribution in [3.05, 3.63) is 47.0 Å². The zero-order chi connectivity index (χ0) is 10.7. The monoisotopic (exact) mass is 221 g/mol. The normalized spacial score (nSPS) is 10.3. The molecule has 0 aromatic carbocycles. The molecule has 0 aliphatic rings. The number of nitrogens with zero attached hydrogens (tertiary/aromatic N) is 1. The van der Waals surface area contributed by atoms with Crippen molar-refractivity contribution in [1.82, 2.24) is 9.97 Å². The van der Waals surface area contributed by atoms with Crippen molar-refractivity contribution >= 4 is 17.3 Å². The van der Waals surface area contributed by atoms with Gasteiger partial charge >= 0.3 is 0 Å². The topological polar surface area (TPSA) is 40.7 Å². The first-order valence-electron chi connectivity index (χ1n) is 4.74. The Morgan fingerprint density at radius 2 is 2.40 bits per heavy atom. The molecule has 2 N–H and O–H groups in total. The van der Waals surface area contributed by atoms with Crippen LogP contribution in [0.15, 0.2) is 30.6 Å². The summed E-state index contributed by atoms with van der Waals surface area (Å²) in [5.41, 5.74) is 3.08. The molecule has 0 amide bonds. The van der Waals surface area contributed by atoms with E-state index in [0.717, 1.165) is 23.5 Å². The number of rotatable bonds is 3. The number of aromatic amines is 1. The number of hydrogen-bond acceptors (Lipinski definition) is 2. The molecular weight excluding hydrogens is 210 g/mol. The average Bonchev–Trinajstić information content (AvgIpc) is 2.72. The van der Waals surface area contributed by atoms with Crippen molar-refractivity contribution in [3.8, 4) is 0 Å². The number of hydrogen-bond donors (Lipinski definition) is 2. The maximum absolute atomic E-state index is 5.95. The minimum atomic E-state index is 0.507. The Kier molecular flexibility index (Phi) is 2.92. The van der Waals surface area contributed by atoms with Crippen molar-refractivity contribution < 1.29 is 0 Å². The molecule has 2 aromatic heterocycles. The summed E-state index contributed by atoms with van der Waals surface area (Å²) in [6, 6.07) is 5.97. The Hall–Kier alpha value is -1.48. The summed E-state index contributed by atoms with van der Waals surface area (Å²) in [5, 5.41) is 3.74. The van der Waals surface area contributed by atoms with Gasteiger partial charge in [-0.15, -0.1) is 0 Å². The predicted molar refractivity (Wildman–Crippen MR) is 62.1 cm³/mol. The summed E-state index contributed by atoms with van der Waals surface area (Å²) in [6.07, 6.45) is 3.65. The highest BCUT2D eigenvalue weighted by Gasteiger charge is 2.01. The summed E-state index contributed by atoms with van der Waals surface area (Å²) < 4.78 is 0. The van der Waals surface area contributed by atoms with Crippen LogP contribution in [0.5, 0.6) is 0 Å². The van der Waals surface area contributed by atoms with Gasteiger partial charge in [-0.1, -0.05) is 11.6 Å². The summed E-state index contributed by atoms with van der Waals surface area (Å²) in [6.45, 7) is 2.71. The summed E-state index contributed by atoms with van der Waals surface area (Å²) in [7, 11) is 0. The Bertz CT molecular complexity index is 437. The van der Waals surface area contributed by atoms with E-state index >= 15 is 0 Å². The van der Waals surface area contributed by atoms with Crippen molar-refractivity contribution in [2.45, 2.75) is 13.5 Å². The maximum Gasteiger partial charge on any atom is 0.152 e. The SMILES string of the molecule is Cc1cnc(Cl)c(NCc2ccc[nH]2)c1. The zero-order valence-electron chi connectivity index (χ0n) is 8.42. The number of nitrogens with one attached hydrogen (secondary N) is 2. The first-order valence-corrected chi connectivity index (χ1v) is 5.12. The molecule has 0 saturated heterocycles. The second-order valence-corrected chi connectivity index (χ2v) is 3.76. The Balaban J connectivity index is 2.07. The molecule has 0 saturated carbocycles. The summed E-state index contributed by atoms with van der Waals surface area (Å²) in [5.74, 6) is 0. The van der Waals surface area contributed by atoms with Crippen LogP contribution in [0.25, 0.3) is 0 Å². The van der Waals surface area contributed by atoms with Crippen LogP contribution in [0, 0.1) is 6.92 Å². The van der Waals surface area contributed by atoms with Crippen LogP contribution in [0.3, 0.4) is 0 Å². The molecule has 2 heterocycles. The minimum absolute atomic E-state index is 0.507. The van der Waals surface area contributed by atoms with Gasteiger partial charge in [0.25, 0.3) is 0 Å². The second-order valence-electron chi connectivity index (χ2n) is 3.40. The zero-order valence-corrected chi connectivity index (χ0v) is 9.17. The fraction of sp³-hybridized carbons (Fsp3) is 0.182. The molecular formula is C11H12ClN3. The van der Waals surface area contributed by atoms with Crippen LogP contribution in [-0.2, 0) is 6.54 Å². The first kappa shape index (κ1) is 10.1. The lowest BCUT2D eigenvalue weighted by molar-refractivity contribution is 1.07. The van der Waals surface area contributed by atoms with Crippen LogP contribution < -0.4 is 5.32 Å². The highest BCUT2D eigenvalue weighted by atomic mass is 35.5. The largest absolute Gasteiger partial charge is 0.377 e. The van der Waals surface area contributed by atoms with Gasteiger partial charge < -0.3 is 10.3 Å². The van der Waals surface area contributed by atoms with E-state index in [1.807, 2.05) is 31.3 Å². The van der Waals surface area contributed by atoms with Gasteiger partial charge in [-0.05, 0) is 30.7 Å². The Morgan fingerprint density at radius 3 is 3.13 bits per heavy atom. The number of anilines is 1. The number of halogens is 1. The molecule has 0 fully saturated rings. The average molecular weight is 222 g/mol. The molecule has 0 aliphatic carbocycles. The third-order valence-electron chi connectivity index (χ3n) is 2.11. The second kappa shape index (κ2) is 4.36. The number of pyridine rings is 1. The van der Waals surface area contributed by atoms with E-state index in [-0.39, 0.29) is 0 Å². The quantitative estimate of drug-likeness (QED) is 0.783. The predicted octanol–water partition coefficient (Wildman–Crippen LogP) is 2.98. The fourth-order valence-electron chi connectivity index (χ4n) is 1.34. The number of aromatic nitrogens is 2. The van der Waals surface area contributed by atoms with Crippen molar-refractivity contribution in [1.29, 1.82) is 0 Å². The van der Waals surface area contributed by atoms with Gasteiger partial charge in [0.1, 0.15) is 0 Å². The summed E-state index contributed by atoms with van der Waals surface area (Å²) >= 11 is 5.95. The highest BCUT2D eigenvalue weighted by molar-refractivity contribution is 6.31. The maximum atomic E-state index is 5.95. The molecule has 0 atom stereocenters. The number of H-pyrrole nitrogens is 1. The van der Waals surface area contributed by atoms with Crippen LogP contribution in [-0.4, -0.2) is 9.97 Å². The smallest absolute Gasteiger partial charge is 0.152 e. The lowest BCUT2D eigenvalue weighted by Crippen LogP contribution is -2.01. The molecule has 0 unspecified atom stereocenters. The molecule has 4 heteroatoms. The van der Waals surface area contributed by atoms with Crippen LogP contribution >= 0.6 is 11.6 Å². The molecule has 0 spiro atoms. The fourth-order valence-corrected chi connectivity index (χ4v) is 1.51. The third kappa shape index (κ3) is 2.50. The Morgan fingerprint density at radius 1 is 1.53 bits per heavy atom. The molecule has 2 aromatic rings. The summed E-state index contributed by atoms with van der Waals surface area (Å²) in [4.78, 5) is 7.19. The van der Waals surface area contributed by atoms with Crippen molar-refractivity contribution in [3.63, 3.8) is 0 Å². The lowest BCUT2D eigenvalue weighted by atomic mass is 10.3. The standard InChI is InChI=1S/C11H12ClN3/c1-8-5-10(11(12)15-6-8)14-7-9-3-2-4-13-9/h2-6,13-14H,7H2,1H3. The van der Waals surface area contributed by atoms with Gasteiger partial charge in [-0.25, -0.2) is 4.98 Å². The van der Waals surface area contributed by atoms with Gasteiger partial charge in [0.2, 0.25) is 0 Å². The van der Waals surface area contributed by atoms with E-state index in [0.29, 0.717) is 5.15 Å². The Labute approximate surface area is 93.5 Å². The molecule has 78 valence electrons. The van der Waals surface area contributed by atoms with E-state index < -0.39 is 0 Å². The van der Waals surface area contributed by atoms with Gasteiger partial charge in [-0.3, -0.25) is 0 Å².